The minimum absolute atomic E-state index is 0.244. The standard InChI is InChI=1S/C24H38O3/c1-16(2)10-8-11-17(3)12-9-14-24(7,27)15-13-21-20(6)22(25)18(4)19(5)23(21)26/h10,12,25-27H,8-9,11,13-15H2,1-7H3/b17-12+. The molecular weight excluding hydrogens is 336 g/mol. The summed E-state index contributed by atoms with van der Waals surface area (Å²) in [7, 11) is 0. The van der Waals surface area contributed by atoms with Crippen LogP contribution in [0.1, 0.15) is 82.1 Å². The number of hydrogen-bond donors (Lipinski definition) is 3. The first kappa shape index (κ1) is 23.3. The van der Waals surface area contributed by atoms with Gasteiger partial charge in [-0.3, -0.25) is 0 Å². The zero-order chi connectivity index (χ0) is 20.8. The van der Waals surface area contributed by atoms with E-state index in [0.29, 0.717) is 36.0 Å². The van der Waals surface area contributed by atoms with Crippen LogP contribution in [0.5, 0.6) is 11.5 Å². The van der Waals surface area contributed by atoms with E-state index in [0.717, 1.165) is 24.8 Å². The largest absolute Gasteiger partial charge is 0.507 e. The fraction of sp³-hybridized carbons (Fsp3) is 0.583. The molecule has 1 unspecified atom stereocenters. The van der Waals surface area contributed by atoms with E-state index in [9.17, 15) is 15.3 Å². The number of hydrogen-bond acceptors (Lipinski definition) is 3. The van der Waals surface area contributed by atoms with E-state index in [1.165, 1.54) is 11.1 Å². The van der Waals surface area contributed by atoms with Gasteiger partial charge in [0.2, 0.25) is 0 Å². The van der Waals surface area contributed by atoms with Crippen molar-refractivity contribution in [3.8, 4) is 11.5 Å². The average molecular weight is 375 g/mol. The van der Waals surface area contributed by atoms with Crippen molar-refractivity contribution >= 4 is 0 Å². The van der Waals surface area contributed by atoms with Gasteiger partial charge in [0.05, 0.1) is 5.60 Å². The second kappa shape index (κ2) is 9.98. The Balaban J connectivity index is 2.66. The highest BCUT2D eigenvalue weighted by atomic mass is 16.3. The lowest BCUT2D eigenvalue weighted by atomic mass is 9.88. The fourth-order valence-corrected chi connectivity index (χ4v) is 3.33. The van der Waals surface area contributed by atoms with Crippen LogP contribution in [0.3, 0.4) is 0 Å². The van der Waals surface area contributed by atoms with E-state index in [1.54, 1.807) is 0 Å². The molecule has 3 nitrogen and oxygen atoms in total. The van der Waals surface area contributed by atoms with Gasteiger partial charge >= 0.3 is 0 Å². The van der Waals surface area contributed by atoms with Crippen LogP contribution < -0.4 is 0 Å². The Morgan fingerprint density at radius 2 is 1.44 bits per heavy atom. The summed E-state index contributed by atoms with van der Waals surface area (Å²) < 4.78 is 0. The number of aromatic hydroxyl groups is 2. The van der Waals surface area contributed by atoms with E-state index in [2.05, 4.69) is 32.9 Å². The summed E-state index contributed by atoms with van der Waals surface area (Å²) in [5.41, 5.74) is 4.78. The summed E-state index contributed by atoms with van der Waals surface area (Å²) in [6.07, 6.45) is 9.22. The highest BCUT2D eigenvalue weighted by Crippen LogP contribution is 2.37. The molecule has 0 aliphatic rings. The molecule has 0 heterocycles. The summed E-state index contributed by atoms with van der Waals surface area (Å²) in [6.45, 7) is 13.7. The van der Waals surface area contributed by atoms with Crippen LogP contribution in [0.15, 0.2) is 23.3 Å². The Morgan fingerprint density at radius 3 is 2.04 bits per heavy atom. The van der Waals surface area contributed by atoms with E-state index >= 15 is 0 Å². The van der Waals surface area contributed by atoms with Crippen LogP contribution in [0.4, 0.5) is 0 Å². The molecule has 0 aliphatic carbocycles. The first-order valence-electron chi connectivity index (χ1n) is 9.98. The second-order valence-electron chi connectivity index (χ2n) is 8.46. The van der Waals surface area contributed by atoms with Gasteiger partial charge in [-0.2, -0.15) is 0 Å². The zero-order valence-electron chi connectivity index (χ0n) is 18.2. The predicted octanol–water partition coefficient (Wildman–Crippen LogP) is 6.18. The molecular formula is C24H38O3. The summed E-state index contributed by atoms with van der Waals surface area (Å²) >= 11 is 0. The molecule has 0 bridgehead atoms. The van der Waals surface area contributed by atoms with Gasteiger partial charge in [-0.05, 0) is 104 Å². The Kier molecular flexibility index (Phi) is 8.61. The fourth-order valence-electron chi connectivity index (χ4n) is 3.33. The first-order valence-corrected chi connectivity index (χ1v) is 9.98. The summed E-state index contributed by atoms with van der Waals surface area (Å²) in [6, 6.07) is 0. The quantitative estimate of drug-likeness (QED) is 0.357. The molecule has 1 aromatic carbocycles. The van der Waals surface area contributed by atoms with Gasteiger partial charge in [-0.25, -0.2) is 0 Å². The number of phenolic OH excluding ortho intramolecular Hbond substituents is 2. The number of benzene rings is 1. The normalized spacial score (nSPS) is 14.1. The number of rotatable bonds is 9. The van der Waals surface area contributed by atoms with Crippen molar-refractivity contribution in [1.29, 1.82) is 0 Å². The van der Waals surface area contributed by atoms with Crippen LogP contribution in [0.2, 0.25) is 0 Å². The molecule has 3 heteroatoms. The molecule has 0 fully saturated rings. The van der Waals surface area contributed by atoms with Gasteiger partial charge in [-0.1, -0.05) is 23.3 Å². The molecule has 0 saturated carbocycles. The number of phenols is 2. The zero-order valence-corrected chi connectivity index (χ0v) is 18.2. The number of aliphatic hydroxyl groups is 1. The van der Waals surface area contributed by atoms with Crippen molar-refractivity contribution in [2.75, 3.05) is 0 Å². The molecule has 0 radical (unpaired) electrons. The van der Waals surface area contributed by atoms with Crippen LogP contribution in [-0.2, 0) is 6.42 Å². The summed E-state index contributed by atoms with van der Waals surface area (Å²) in [4.78, 5) is 0. The van der Waals surface area contributed by atoms with E-state index in [4.69, 9.17) is 0 Å². The summed E-state index contributed by atoms with van der Waals surface area (Å²) in [5.74, 6) is 0.489. The van der Waals surface area contributed by atoms with Gasteiger partial charge in [0.25, 0.3) is 0 Å². The lowest BCUT2D eigenvalue weighted by Gasteiger charge is -2.24. The molecule has 1 atom stereocenters. The highest BCUT2D eigenvalue weighted by molar-refractivity contribution is 5.56. The third-order valence-corrected chi connectivity index (χ3v) is 5.55. The monoisotopic (exact) mass is 374 g/mol. The van der Waals surface area contributed by atoms with Gasteiger partial charge in [0, 0.05) is 5.56 Å². The maximum Gasteiger partial charge on any atom is 0.122 e. The molecule has 0 saturated heterocycles. The molecule has 0 spiro atoms. The minimum Gasteiger partial charge on any atom is -0.507 e. The van der Waals surface area contributed by atoms with E-state index in [1.807, 2.05) is 27.7 Å². The van der Waals surface area contributed by atoms with Crippen molar-refractivity contribution in [2.24, 2.45) is 0 Å². The Bertz CT molecular complexity index is 676. The second-order valence-corrected chi connectivity index (χ2v) is 8.46. The van der Waals surface area contributed by atoms with Crippen molar-refractivity contribution in [3.05, 3.63) is 45.6 Å². The van der Waals surface area contributed by atoms with E-state index in [-0.39, 0.29) is 11.5 Å². The third-order valence-electron chi connectivity index (χ3n) is 5.55. The molecule has 0 amide bonds. The third kappa shape index (κ3) is 7.06. The Morgan fingerprint density at radius 1 is 0.852 bits per heavy atom. The minimum atomic E-state index is -0.802. The molecule has 1 rings (SSSR count). The van der Waals surface area contributed by atoms with Crippen molar-refractivity contribution in [1.82, 2.24) is 0 Å². The summed E-state index contributed by atoms with van der Waals surface area (Å²) in [5, 5.41) is 31.4. The highest BCUT2D eigenvalue weighted by Gasteiger charge is 2.22. The lowest BCUT2D eigenvalue weighted by molar-refractivity contribution is 0.0431. The van der Waals surface area contributed by atoms with Crippen molar-refractivity contribution in [3.63, 3.8) is 0 Å². The number of allylic oxidation sites excluding steroid dienone is 4. The molecule has 0 aromatic heterocycles. The smallest absolute Gasteiger partial charge is 0.122 e. The van der Waals surface area contributed by atoms with Crippen LogP contribution in [0.25, 0.3) is 0 Å². The van der Waals surface area contributed by atoms with Gasteiger partial charge in [0.1, 0.15) is 11.5 Å². The Hall–Kier alpha value is -1.74. The SMILES string of the molecule is CC(C)=CCC/C(C)=C/CCC(C)(O)CCc1c(C)c(O)c(C)c(C)c1O. The van der Waals surface area contributed by atoms with Gasteiger partial charge in [0.15, 0.2) is 0 Å². The van der Waals surface area contributed by atoms with Gasteiger partial charge in [-0.15, -0.1) is 0 Å². The average Bonchev–Trinajstić information content (AvgIpc) is 2.57. The Labute approximate surface area is 165 Å². The molecule has 0 aliphatic heterocycles. The van der Waals surface area contributed by atoms with E-state index < -0.39 is 5.60 Å². The maximum absolute atomic E-state index is 10.7. The lowest BCUT2D eigenvalue weighted by Crippen LogP contribution is -2.24. The first-order chi connectivity index (χ1) is 12.5. The molecule has 1 aromatic rings. The molecule has 152 valence electrons. The predicted molar refractivity (Wildman–Crippen MR) is 115 cm³/mol. The maximum atomic E-state index is 10.7. The van der Waals surface area contributed by atoms with Crippen LogP contribution in [0, 0.1) is 20.8 Å². The topological polar surface area (TPSA) is 60.7 Å². The molecule has 27 heavy (non-hydrogen) atoms. The van der Waals surface area contributed by atoms with Crippen molar-refractivity contribution < 1.29 is 15.3 Å². The van der Waals surface area contributed by atoms with Crippen molar-refractivity contribution in [2.45, 2.75) is 92.6 Å². The van der Waals surface area contributed by atoms with Gasteiger partial charge < -0.3 is 15.3 Å². The van der Waals surface area contributed by atoms with Crippen LogP contribution >= 0.6 is 0 Å². The van der Waals surface area contributed by atoms with Crippen LogP contribution in [-0.4, -0.2) is 20.9 Å². The molecule has 3 N–H and O–H groups in total.